The van der Waals surface area contributed by atoms with Crippen LogP contribution in [0.1, 0.15) is 65.2 Å². The zero-order chi connectivity index (χ0) is 17.7. The first-order valence-electron chi connectivity index (χ1n) is 8.08. The highest BCUT2D eigenvalue weighted by Crippen LogP contribution is 2.07. The van der Waals surface area contributed by atoms with Crippen LogP contribution in [0.4, 0.5) is 0 Å². The summed E-state index contributed by atoms with van der Waals surface area (Å²) in [6.45, 7) is 2.95. The Bertz CT molecular complexity index is 419. The quantitative estimate of drug-likeness (QED) is 0.308. The van der Waals surface area contributed by atoms with Gasteiger partial charge in [-0.3, -0.25) is 14.1 Å². The molecule has 0 rings (SSSR count). The number of esters is 2. The summed E-state index contributed by atoms with van der Waals surface area (Å²) in [5.74, 6) is -1.05. The van der Waals surface area contributed by atoms with Gasteiger partial charge in [0.05, 0.1) is 0 Å². The summed E-state index contributed by atoms with van der Waals surface area (Å²) in [5, 5.41) is -1.45. The van der Waals surface area contributed by atoms with Gasteiger partial charge >= 0.3 is 11.9 Å². The van der Waals surface area contributed by atoms with E-state index in [1.54, 1.807) is 0 Å². The van der Waals surface area contributed by atoms with Crippen molar-refractivity contribution < 1.29 is 32.0 Å². The third-order valence-electron chi connectivity index (χ3n) is 3.25. The molecule has 8 heteroatoms. The zero-order valence-electron chi connectivity index (χ0n) is 14.0. The Morgan fingerprint density at radius 3 is 1.57 bits per heavy atom. The minimum Gasteiger partial charge on any atom is -0.464 e. The van der Waals surface area contributed by atoms with Gasteiger partial charge in [0.2, 0.25) is 0 Å². The van der Waals surface area contributed by atoms with E-state index in [1.165, 1.54) is 0 Å². The minimum atomic E-state index is -4.46. The fourth-order valence-corrected chi connectivity index (χ4v) is 2.25. The van der Waals surface area contributed by atoms with Gasteiger partial charge in [-0.1, -0.05) is 39.5 Å². The highest BCUT2D eigenvalue weighted by molar-refractivity contribution is 7.86. The summed E-state index contributed by atoms with van der Waals surface area (Å²) >= 11 is 0. The highest BCUT2D eigenvalue weighted by Gasteiger charge is 2.26. The van der Waals surface area contributed by atoms with Crippen molar-refractivity contribution in [1.82, 2.24) is 0 Å². The van der Waals surface area contributed by atoms with Crippen LogP contribution in [0.5, 0.6) is 0 Å². The molecule has 1 N–H and O–H groups in total. The summed E-state index contributed by atoms with van der Waals surface area (Å²) in [6.07, 6.45) is 5.39. The molecule has 0 aromatic rings. The van der Waals surface area contributed by atoms with Gasteiger partial charge < -0.3 is 9.47 Å². The average Bonchev–Trinajstić information content (AvgIpc) is 2.46. The molecule has 0 fully saturated rings. The van der Waals surface area contributed by atoms with E-state index in [0.717, 1.165) is 25.7 Å². The van der Waals surface area contributed by atoms with Gasteiger partial charge in [0, 0.05) is 12.8 Å². The minimum absolute atomic E-state index is 0.197. The first-order chi connectivity index (χ1) is 10.8. The second-order valence-corrected chi connectivity index (χ2v) is 7.11. The molecule has 0 aliphatic heterocycles. The van der Waals surface area contributed by atoms with Crippen molar-refractivity contribution in [2.24, 2.45) is 0 Å². The van der Waals surface area contributed by atoms with Gasteiger partial charge in [0.1, 0.15) is 13.2 Å². The Morgan fingerprint density at radius 1 is 0.870 bits per heavy atom. The monoisotopic (exact) mass is 352 g/mol. The first kappa shape index (κ1) is 21.9. The predicted molar refractivity (Wildman–Crippen MR) is 85.5 cm³/mol. The number of ether oxygens (including phenoxy) is 2. The van der Waals surface area contributed by atoms with E-state index in [0.29, 0.717) is 12.8 Å². The summed E-state index contributed by atoms with van der Waals surface area (Å²) in [5.41, 5.74) is 0. The van der Waals surface area contributed by atoms with Gasteiger partial charge in [-0.25, -0.2) is 0 Å². The Labute approximate surface area is 138 Å². The maximum Gasteiger partial charge on any atom is 0.305 e. The molecular formula is C15H28O7S. The van der Waals surface area contributed by atoms with Crippen LogP contribution in [0.3, 0.4) is 0 Å². The number of rotatable bonds is 13. The molecule has 0 radical (unpaired) electrons. The number of hydrogen-bond acceptors (Lipinski definition) is 6. The maximum atomic E-state index is 11.5. The standard InChI is InChI=1S/C15H28O7S/c1-3-5-7-9-14(16)21-11-13(23(18,19)20)12-22-15(17)10-8-6-4-2/h13H,3-12H2,1-2H3,(H,18,19,20). The van der Waals surface area contributed by atoms with Crippen molar-refractivity contribution in [3.8, 4) is 0 Å². The molecule has 0 unspecified atom stereocenters. The van der Waals surface area contributed by atoms with Crippen LogP contribution in [0.25, 0.3) is 0 Å². The van der Waals surface area contributed by atoms with Crippen LogP contribution in [-0.4, -0.2) is 43.4 Å². The Kier molecular flexibility index (Phi) is 11.7. The molecule has 0 bridgehead atoms. The van der Waals surface area contributed by atoms with Crippen LogP contribution in [0.15, 0.2) is 0 Å². The molecule has 0 saturated carbocycles. The van der Waals surface area contributed by atoms with Crippen molar-refractivity contribution in [2.45, 2.75) is 70.5 Å². The Balaban J connectivity index is 4.23. The Hall–Kier alpha value is -1.15. The second kappa shape index (κ2) is 12.3. The molecule has 136 valence electrons. The van der Waals surface area contributed by atoms with E-state index in [9.17, 15) is 18.0 Å². The van der Waals surface area contributed by atoms with Gasteiger partial charge in [0.15, 0.2) is 5.25 Å². The predicted octanol–water partition coefficient (Wildman–Crippen LogP) is 2.49. The smallest absolute Gasteiger partial charge is 0.305 e. The molecule has 0 aromatic carbocycles. The van der Waals surface area contributed by atoms with E-state index in [2.05, 4.69) is 0 Å². The molecule has 7 nitrogen and oxygen atoms in total. The second-order valence-electron chi connectivity index (χ2n) is 5.42. The SMILES string of the molecule is CCCCCC(=O)OCC(COC(=O)CCCCC)S(=O)(=O)O. The van der Waals surface area contributed by atoms with E-state index < -0.39 is 40.5 Å². The lowest BCUT2D eigenvalue weighted by atomic mass is 10.2. The molecule has 0 amide bonds. The molecule has 0 atom stereocenters. The van der Waals surface area contributed by atoms with E-state index >= 15 is 0 Å². The third-order valence-corrected chi connectivity index (χ3v) is 4.37. The molecule has 0 aromatic heterocycles. The number of unbranched alkanes of at least 4 members (excludes halogenated alkanes) is 4. The molecule has 0 heterocycles. The van der Waals surface area contributed by atoms with Gasteiger partial charge in [0.25, 0.3) is 10.1 Å². The number of carbonyl (C=O) groups excluding carboxylic acids is 2. The van der Waals surface area contributed by atoms with E-state index in [1.807, 2.05) is 13.8 Å². The average molecular weight is 352 g/mol. The van der Waals surface area contributed by atoms with Crippen molar-refractivity contribution in [2.75, 3.05) is 13.2 Å². The van der Waals surface area contributed by atoms with Crippen LogP contribution in [0.2, 0.25) is 0 Å². The lowest BCUT2D eigenvalue weighted by molar-refractivity contribution is -0.146. The van der Waals surface area contributed by atoms with Crippen LogP contribution in [-0.2, 0) is 29.2 Å². The lowest BCUT2D eigenvalue weighted by Gasteiger charge is -2.14. The molecule has 23 heavy (non-hydrogen) atoms. The van der Waals surface area contributed by atoms with Crippen LogP contribution < -0.4 is 0 Å². The topological polar surface area (TPSA) is 107 Å². The molecular weight excluding hydrogens is 324 g/mol. The van der Waals surface area contributed by atoms with Crippen molar-refractivity contribution >= 4 is 22.1 Å². The zero-order valence-corrected chi connectivity index (χ0v) is 14.8. The van der Waals surface area contributed by atoms with Crippen LogP contribution >= 0.6 is 0 Å². The van der Waals surface area contributed by atoms with E-state index in [4.69, 9.17) is 14.0 Å². The van der Waals surface area contributed by atoms with Gasteiger partial charge in [-0.2, -0.15) is 8.42 Å². The van der Waals surface area contributed by atoms with Crippen molar-refractivity contribution in [1.29, 1.82) is 0 Å². The molecule has 0 aliphatic carbocycles. The van der Waals surface area contributed by atoms with Crippen LogP contribution in [0, 0.1) is 0 Å². The summed E-state index contributed by atoms with van der Waals surface area (Å²) in [4.78, 5) is 22.9. The third kappa shape index (κ3) is 12.0. The summed E-state index contributed by atoms with van der Waals surface area (Å²) < 4.78 is 41.3. The first-order valence-corrected chi connectivity index (χ1v) is 9.59. The summed E-state index contributed by atoms with van der Waals surface area (Å²) in [6, 6.07) is 0. The summed E-state index contributed by atoms with van der Waals surface area (Å²) in [7, 11) is -4.46. The molecule has 0 spiro atoms. The Morgan fingerprint density at radius 2 is 1.26 bits per heavy atom. The fraction of sp³-hybridized carbons (Fsp3) is 0.867. The lowest BCUT2D eigenvalue weighted by Crippen LogP contribution is -2.33. The largest absolute Gasteiger partial charge is 0.464 e. The molecule has 0 aliphatic rings. The number of carbonyl (C=O) groups is 2. The molecule has 0 saturated heterocycles. The van der Waals surface area contributed by atoms with Gasteiger partial charge in [-0.05, 0) is 12.8 Å². The maximum absolute atomic E-state index is 11.5. The van der Waals surface area contributed by atoms with Crippen molar-refractivity contribution in [3.05, 3.63) is 0 Å². The highest BCUT2D eigenvalue weighted by atomic mass is 32.2. The van der Waals surface area contributed by atoms with E-state index in [-0.39, 0.29) is 12.8 Å². The fourth-order valence-electron chi connectivity index (χ4n) is 1.77. The van der Waals surface area contributed by atoms with Crippen molar-refractivity contribution in [3.63, 3.8) is 0 Å². The van der Waals surface area contributed by atoms with Gasteiger partial charge in [-0.15, -0.1) is 0 Å². The normalized spacial score (nSPS) is 11.5. The number of hydrogen-bond donors (Lipinski definition) is 1.